The van der Waals surface area contributed by atoms with Gasteiger partial charge in [0.25, 0.3) is 0 Å². The van der Waals surface area contributed by atoms with Crippen molar-refractivity contribution >= 4 is 11.9 Å². The Hall–Kier alpha value is -2.30. The van der Waals surface area contributed by atoms with Gasteiger partial charge in [-0.2, -0.15) is 0 Å². The zero-order valence-corrected chi connectivity index (χ0v) is 15.2. The lowest BCUT2D eigenvalue weighted by atomic mass is 9.92. The fraction of sp³-hybridized carbons (Fsp3) is 0.500. The van der Waals surface area contributed by atoms with Gasteiger partial charge in [0.2, 0.25) is 5.91 Å². The molecule has 0 fully saturated rings. The molecule has 136 valence electrons. The van der Waals surface area contributed by atoms with E-state index in [4.69, 9.17) is 9.47 Å². The molecule has 0 aliphatic heterocycles. The number of methoxy groups -OCH3 is 1. The molecule has 1 aliphatic rings. The molecule has 2 atom stereocenters. The average molecular weight is 345 g/mol. The third-order valence-corrected chi connectivity index (χ3v) is 4.21. The lowest BCUT2D eigenvalue weighted by molar-refractivity contribution is -0.148. The molecule has 1 aromatic carbocycles. The van der Waals surface area contributed by atoms with Crippen LogP contribution in [0.3, 0.4) is 0 Å². The highest BCUT2D eigenvalue weighted by molar-refractivity contribution is 5.80. The summed E-state index contributed by atoms with van der Waals surface area (Å²) in [5.41, 5.74) is 0.862. The normalized spacial score (nSPS) is 17.8. The summed E-state index contributed by atoms with van der Waals surface area (Å²) in [5, 5.41) is 3.03. The minimum Gasteiger partial charge on any atom is -0.497 e. The van der Waals surface area contributed by atoms with Gasteiger partial charge in [0.05, 0.1) is 25.7 Å². The number of carbonyl (C=O) groups is 2. The Morgan fingerprint density at radius 2 is 1.92 bits per heavy atom. The average Bonchev–Trinajstić information content (AvgIpc) is 2.61. The maximum Gasteiger partial charge on any atom is 0.308 e. The van der Waals surface area contributed by atoms with Crippen molar-refractivity contribution in [1.82, 2.24) is 5.32 Å². The molecule has 0 bridgehead atoms. The zero-order chi connectivity index (χ0) is 18.2. The second-order valence-corrected chi connectivity index (χ2v) is 6.56. The van der Waals surface area contributed by atoms with E-state index in [1.165, 1.54) is 0 Å². The van der Waals surface area contributed by atoms with E-state index in [1.54, 1.807) is 7.11 Å². The molecule has 5 nitrogen and oxygen atoms in total. The number of rotatable bonds is 7. The molecule has 1 N–H and O–H groups in total. The standard InChI is InChI=1S/C20H27NO4/c1-14(2)25-19(22)13-18(15-9-11-17(24-3)12-10-15)21-20(23)16-7-5-4-6-8-16/h4-5,9-12,14,16,18H,6-8,13H2,1-3H3,(H,21,23)/t16-,18-/m1/s1. The predicted molar refractivity (Wildman–Crippen MR) is 96.2 cm³/mol. The van der Waals surface area contributed by atoms with Crippen molar-refractivity contribution in [2.24, 2.45) is 5.92 Å². The van der Waals surface area contributed by atoms with Gasteiger partial charge in [0.15, 0.2) is 0 Å². The second-order valence-electron chi connectivity index (χ2n) is 6.56. The Morgan fingerprint density at radius 1 is 1.20 bits per heavy atom. The van der Waals surface area contributed by atoms with Crippen LogP contribution in [0.2, 0.25) is 0 Å². The Labute approximate surface area is 149 Å². The van der Waals surface area contributed by atoms with E-state index in [9.17, 15) is 9.59 Å². The molecule has 1 aromatic rings. The van der Waals surface area contributed by atoms with Crippen LogP contribution < -0.4 is 10.1 Å². The Kier molecular flexibility index (Phi) is 7.04. The Morgan fingerprint density at radius 3 is 2.48 bits per heavy atom. The Bertz CT molecular complexity index is 607. The van der Waals surface area contributed by atoms with Gasteiger partial charge in [0, 0.05) is 5.92 Å². The Balaban J connectivity index is 2.10. The van der Waals surface area contributed by atoms with Crippen LogP contribution in [0.15, 0.2) is 36.4 Å². The third kappa shape index (κ3) is 5.93. The van der Waals surface area contributed by atoms with Gasteiger partial charge in [-0.25, -0.2) is 0 Å². The lowest BCUT2D eigenvalue weighted by Crippen LogP contribution is -2.35. The first kappa shape index (κ1) is 19.0. The first-order valence-electron chi connectivity index (χ1n) is 8.78. The topological polar surface area (TPSA) is 64.6 Å². The number of ether oxygens (including phenoxy) is 2. The molecule has 0 unspecified atom stereocenters. The molecule has 0 heterocycles. The van der Waals surface area contributed by atoms with Crippen molar-refractivity contribution in [3.8, 4) is 5.75 Å². The summed E-state index contributed by atoms with van der Waals surface area (Å²) in [6.45, 7) is 3.63. The highest BCUT2D eigenvalue weighted by Gasteiger charge is 2.25. The molecule has 5 heteroatoms. The number of carbonyl (C=O) groups excluding carboxylic acids is 2. The second kappa shape index (κ2) is 9.25. The van der Waals surface area contributed by atoms with E-state index < -0.39 is 6.04 Å². The number of hydrogen-bond donors (Lipinski definition) is 1. The smallest absolute Gasteiger partial charge is 0.308 e. The van der Waals surface area contributed by atoms with Gasteiger partial charge in [-0.15, -0.1) is 0 Å². The van der Waals surface area contributed by atoms with Gasteiger partial charge in [0.1, 0.15) is 5.75 Å². The maximum atomic E-state index is 12.6. The van der Waals surface area contributed by atoms with Crippen molar-refractivity contribution in [1.29, 1.82) is 0 Å². The van der Waals surface area contributed by atoms with E-state index in [0.717, 1.165) is 30.6 Å². The van der Waals surface area contributed by atoms with Crippen LogP contribution in [-0.2, 0) is 14.3 Å². The molecular formula is C20H27NO4. The van der Waals surface area contributed by atoms with Crippen molar-refractivity contribution in [3.05, 3.63) is 42.0 Å². The quantitative estimate of drug-likeness (QED) is 0.606. The van der Waals surface area contributed by atoms with Crippen LogP contribution in [0, 0.1) is 5.92 Å². The van der Waals surface area contributed by atoms with Crippen LogP contribution in [0.4, 0.5) is 0 Å². The zero-order valence-electron chi connectivity index (χ0n) is 15.2. The molecule has 0 aromatic heterocycles. The van der Waals surface area contributed by atoms with Gasteiger partial charge in [-0.05, 0) is 50.8 Å². The molecule has 0 radical (unpaired) electrons. The van der Waals surface area contributed by atoms with E-state index in [-0.39, 0.29) is 30.3 Å². The molecular weight excluding hydrogens is 318 g/mol. The first-order chi connectivity index (χ1) is 12.0. The summed E-state index contributed by atoms with van der Waals surface area (Å²) >= 11 is 0. The number of amides is 1. The molecule has 2 rings (SSSR count). The molecule has 1 aliphatic carbocycles. The summed E-state index contributed by atoms with van der Waals surface area (Å²) in [6, 6.07) is 6.98. The number of nitrogens with one attached hydrogen (secondary N) is 1. The minimum absolute atomic E-state index is 0.0116. The van der Waals surface area contributed by atoms with Gasteiger partial charge >= 0.3 is 5.97 Å². The summed E-state index contributed by atoms with van der Waals surface area (Å²) in [7, 11) is 1.60. The van der Waals surface area contributed by atoms with Gasteiger partial charge < -0.3 is 14.8 Å². The third-order valence-electron chi connectivity index (χ3n) is 4.21. The largest absolute Gasteiger partial charge is 0.497 e. The van der Waals surface area contributed by atoms with Crippen LogP contribution in [0.25, 0.3) is 0 Å². The minimum atomic E-state index is -0.407. The van der Waals surface area contributed by atoms with E-state index in [0.29, 0.717) is 0 Å². The van der Waals surface area contributed by atoms with E-state index in [1.807, 2.05) is 44.2 Å². The summed E-state index contributed by atoms with van der Waals surface area (Å²) in [6.07, 6.45) is 6.59. The van der Waals surface area contributed by atoms with Crippen LogP contribution in [-0.4, -0.2) is 25.1 Å². The highest BCUT2D eigenvalue weighted by Crippen LogP contribution is 2.24. The van der Waals surface area contributed by atoms with Gasteiger partial charge in [-0.3, -0.25) is 9.59 Å². The van der Waals surface area contributed by atoms with E-state index >= 15 is 0 Å². The van der Waals surface area contributed by atoms with Crippen molar-refractivity contribution < 1.29 is 19.1 Å². The summed E-state index contributed by atoms with van der Waals surface area (Å²) in [5.74, 6) is 0.366. The first-order valence-corrected chi connectivity index (χ1v) is 8.78. The number of allylic oxidation sites excluding steroid dienone is 2. The monoisotopic (exact) mass is 345 g/mol. The number of esters is 1. The SMILES string of the molecule is COc1ccc([C@@H](CC(=O)OC(C)C)NC(=O)[C@@H]2CC=CCC2)cc1. The molecule has 25 heavy (non-hydrogen) atoms. The lowest BCUT2D eigenvalue weighted by Gasteiger charge is -2.23. The van der Waals surface area contributed by atoms with Gasteiger partial charge in [-0.1, -0.05) is 24.3 Å². The molecule has 0 spiro atoms. The van der Waals surface area contributed by atoms with Crippen molar-refractivity contribution in [2.75, 3.05) is 7.11 Å². The van der Waals surface area contributed by atoms with E-state index in [2.05, 4.69) is 11.4 Å². The molecule has 1 amide bonds. The molecule has 0 saturated carbocycles. The summed E-state index contributed by atoms with van der Waals surface area (Å²) in [4.78, 5) is 24.7. The highest BCUT2D eigenvalue weighted by atomic mass is 16.5. The fourth-order valence-electron chi connectivity index (χ4n) is 2.89. The predicted octanol–water partition coefficient (Wildman–Crippen LogP) is 3.55. The fourth-order valence-corrected chi connectivity index (χ4v) is 2.89. The van der Waals surface area contributed by atoms with Crippen molar-refractivity contribution in [2.45, 2.75) is 51.7 Å². The van der Waals surface area contributed by atoms with Crippen LogP contribution >= 0.6 is 0 Å². The number of hydrogen-bond acceptors (Lipinski definition) is 4. The van der Waals surface area contributed by atoms with Crippen molar-refractivity contribution in [3.63, 3.8) is 0 Å². The van der Waals surface area contributed by atoms with Crippen LogP contribution in [0.5, 0.6) is 5.75 Å². The maximum absolute atomic E-state index is 12.6. The number of benzene rings is 1. The summed E-state index contributed by atoms with van der Waals surface area (Å²) < 4.78 is 10.4. The molecule has 0 saturated heterocycles. The van der Waals surface area contributed by atoms with Crippen LogP contribution in [0.1, 0.15) is 51.1 Å².